The summed E-state index contributed by atoms with van der Waals surface area (Å²) < 4.78 is 1.68. The van der Waals surface area contributed by atoms with E-state index in [1.54, 1.807) is 17.8 Å². The molecule has 0 fully saturated rings. The second-order valence-corrected chi connectivity index (χ2v) is 3.07. The van der Waals surface area contributed by atoms with Gasteiger partial charge in [0.25, 0.3) is 5.56 Å². The number of H-pyrrole nitrogens is 1. The van der Waals surface area contributed by atoms with Gasteiger partial charge in [0.2, 0.25) is 5.95 Å². The SMILES string of the molecule is Cn1cc(C#CN)c2c(=O)[nH]c(N)nc21. The van der Waals surface area contributed by atoms with E-state index in [0.717, 1.165) is 0 Å². The highest BCUT2D eigenvalue weighted by Gasteiger charge is 2.10. The normalized spacial score (nSPS) is 9.93. The van der Waals surface area contributed by atoms with Crippen LogP contribution in [0.15, 0.2) is 11.0 Å². The van der Waals surface area contributed by atoms with E-state index in [0.29, 0.717) is 16.6 Å². The van der Waals surface area contributed by atoms with Gasteiger partial charge in [-0.25, -0.2) is 0 Å². The predicted molar refractivity (Wildman–Crippen MR) is 56.8 cm³/mol. The molecule has 2 rings (SSSR count). The van der Waals surface area contributed by atoms with Crippen LogP contribution in [0.25, 0.3) is 11.0 Å². The monoisotopic (exact) mass is 203 g/mol. The van der Waals surface area contributed by atoms with Crippen LogP contribution in [0.2, 0.25) is 0 Å². The smallest absolute Gasteiger partial charge is 0.263 e. The molecular formula is C9H9N5O. The molecule has 0 radical (unpaired) electrons. The first-order chi connectivity index (χ1) is 7.13. The molecule has 2 aromatic rings. The van der Waals surface area contributed by atoms with Gasteiger partial charge in [-0.15, -0.1) is 0 Å². The Morgan fingerprint density at radius 2 is 2.33 bits per heavy atom. The molecule has 5 N–H and O–H groups in total. The Labute approximate surface area is 84.9 Å². The van der Waals surface area contributed by atoms with Crippen molar-refractivity contribution in [3.63, 3.8) is 0 Å². The van der Waals surface area contributed by atoms with E-state index in [-0.39, 0.29) is 11.5 Å². The first-order valence-electron chi connectivity index (χ1n) is 4.20. The Hall–Kier alpha value is -2.42. The van der Waals surface area contributed by atoms with E-state index in [1.165, 1.54) is 0 Å². The quantitative estimate of drug-likeness (QED) is 0.382. The van der Waals surface area contributed by atoms with E-state index < -0.39 is 0 Å². The summed E-state index contributed by atoms with van der Waals surface area (Å²) >= 11 is 0. The summed E-state index contributed by atoms with van der Waals surface area (Å²) in [5.41, 5.74) is 11.3. The van der Waals surface area contributed by atoms with Crippen LogP contribution in [-0.4, -0.2) is 14.5 Å². The van der Waals surface area contributed by atoms with Crippen LogP contribution in [0, 0.1) is 12.0 Å². The van der Waals surface area contributed by atoms with E-state index in [4.69, 9.17) is 11.5 Å². The number of nitrogens with two attached hydrogens (primary N) is 2. The lowest BCUT2D eigenvalue weighted by Crippen LogP contribution is -2.11. The Kier molecular flexibility index (Phi) is 1.87. The van der Waals surface area contributed by atoms with Crippen molar-refractivity contribution < 1.29 is 0 Å². The summed E-state index contributed by atoms with van der Waals surface area (Å²) in [5, 5.41) is 0.407. The number of nitrogen functional groups attached to an aromatic ring is 1. The average Bonchev–Trinajstić information content (AvgIpc) is 2.44. The van der Waals surface area contributed by atoms with Gasteiger partial charge in [0.05, 0.1) is 10.9 Å². The maximum atomic E-state index is 11.6. The molecular weight excluding hydrogens is 194 g/mol. The van der Waals surface area contributed by atoms with E-state index in [1.807, 2.05) is 0 Å². The summed E-state index contributed by atoms with van der Waals surface area (Å²) in [6, 6.07) is 2.26. The molecule has 6 nitrogen and oxygen atoms in total. The van der Waals surface area contributed by atoms with E-state index in [9.17, 15) is 4.79 Å². The van der Waals surface area contributed by atoms with Crippen LogP contribution in [0.1, 0.15) is 5.56 Å². The van der Waals surface area contributed by atoms with Crippen molar-refractivity contribution in [3.8, 4) is 12.0 Å². The minimum atomic E-state index is -0.309. The summed E-state index contributed by atoms with van der Waals surface area (Å²) in [6.45, 7) is 0. The Balaban J connectivity index is 2.98. The molecule has 2 aromatic heterocycles. The summed E-state index contributed by atoms with van der Waals surface area (Å²) in [6.07, 6.45) is 1.69. The molecule has 0 aliphatic rings. The van der Waals surface area contributed by atoms with Crippen LogP contribution >= 0.6 is 0 Å². The molecule has 0 bridgehead atoms. The number of rotatable bonds is 0. The lowest BCUT2D eigenvalue weighted by atomic mass is 10.2. The second kappa shape index (κ2) is 3.06. The van der Waals surface area contributed by atoms with Crippen LogP contribution in [-0.2, 0) is 7.05 Å². The average molecular weight is 203 g/mol. The third kappa shape index (κ3) is 1.30. The Morgan fingerprint density at radius 1 is 1.60 bits per heavy atom. The maximum absolute atomic E-state index is 11.6. The van der Waals surface area contributed by atoms with Crippen LogP contribution in [0.5, 0.6) is 0 Å². The van der Waals surface area contributed by atoms with Crippen LogP contribution in [0.3, 0.4) is 0 Å². The minimum absolute atomic E-state index is 0.0842. The summed E-state index contributed by atoms with van der Waals surface area (Å²) in [4.78, 5) is 18.0. The van der Waals surface area contributed by atoms with Crippen molar-refractivity contribution in [1.82, 2.24) is 14.5 Å². The second-order valence-electron chi connectivity index (χ2n) is 3.07. The van der Waals surface area contributed by atoms with Crippen molar-refractivity contribution in [2.45, 2.75) is 0 Å². The highest BCUT2D eigenvalue weighted by Crippen LogP contribution is 2.13. The fourth-order valence-corrected chi connectivity index (χ4v) is 1.47. The molecule has 6 heteroatoms. The number of nitrogens with zero attached hydrogens (tertiary/aromatic N) is 2. The van der Waals surface area contributed by atoms with Crippen molar-refractivity contribution in [3.05, 3.63) is 22.1 Å². The number of nitrogens with one attached hydrogen (secondary N) is 1. The first kappa shape index (κ1) is 9.15. The highest BCUT2D eigenvalue weighted by atomic mass is 16.1. The molecule has 0 saturated carbocycles. The number of hydrogen-bond acceptors (Lipinski definition) is 4. The highest BCUT2D eigenvalue weighted by molar-refractivity contribution is 5.83. The van der Waals surface area contributed by atoms with Gasteiger partial charge in [-0.2, -0.15) is 4.98 Å². The number of fused-ring (bicyclic) bond motifs is 1. The van der Waals surface area contributed by atoms with E-state index >= 15 is 0 Å². The zero-order valence-corrected chi connectivity index (χ0v) is 8.03. The molecule has 0 unspecified atom stereocenters. The van der Waals surface area contributed by atoms with Gasteiger partial charge >= 0.3 is 0 Å². The van der Waals surface area contributed by atoms with Crippen LogP contribution in [0.4, 0.5) is 5.95 Å². The number of aromatic nitrogens is 3. The largest absolute Gasteiger partial charge is 0.369 e. The first-order valence-corrected chi connectivity index (χ1v) is 4.20. The van der Waals surface area contributed by atoms with Gasteiger partial charge in [-0.3, -0.25) is 9.78 Å². The van der Waals surface area contributed by atoms with Crippen molar-refractivity contribution in [2.24, 2.45) is 12.8 Å². The summed E-state index contributed by atoms with van der Waals surface area (Å²) in [7, 11) is 1.76. The number of hydrogen-bond donors (Lipinski definition) is 3. The lowest BCUT2D eigenvalue weighted by molar-refractivity contribution is 0.943. The fraction of sp³-hybridized carbons (Fsp3) is 0.111. The standard InChI is InChI=1S/C9H9N5O/c1-14-4-5(2-3-10)6-7(14)12-9(11)13-8(6)15/h4H,10H2,1H3,(H3,11,12,13,15). The molecule has 0 amide bonds. The maximum Gasteiger partial charge on any atom is 0.263 e. The third-order valence-electron chi connectivity index (χ3n) is 2.05. The Morgan fingerprint density at radius 3 is 3.00 bits per heavy atom. The molecule has 76 valence electrons. The number of aromatic amines is 1. The van der Waals surface area contributed by atoms with Gasteiger partial charge in [0.1, 0.15) is 0 Å². The zero-order valence-electron chi connectivity index (χ0n) is 8.03. The lowest BCUT2D eigenvalue weighted by Gasteiger charge is -1.95. The van der Waals surface area contributed by atoms with Gasteiger partial charge in [0, 0.05) is 19.3 Å². The molecule has 0 saturated heterocycles. The van der Waals surface area contributed by atoms with Gasteiger partial charge in [0.15, 0.2) is 5.65 Å². The van der Waals surface area contributed by atoms with Gasteiger partial charge < -0.3 is 16.0 Å². The molecule has 0 aromatic carbocycles. The summed E-state index contributed by atoms with van der Waals surface area (Å²) in [5.74, 6) is 2.72. The van der Waals surface area contributed by atoms with Crippen LogP contribution < -0.4 is 17.0 Å². The fourth-order valence-electron chi connectivity index (χ4n) is 1.47. The number of anilines is 1. The molecule has 0 spiro atoms. The predicted octanol–water partition coefficient (Wildman–Crippen LogP) is -0.888. The Bertz CT molecular complexity index is 640. The molecule has 2 heterocycles. The van der Waals surface area contributed by atoms with Crippen molar-refractivity contribution in [2.75, 3.05) is 5.73 Å². The topological polar surface area (TPSA) is 103 Å². The molecule has 0 aliphatic carbocycles. The van der Waals surface area contributed by atoms with Gasteiger partial charge in [-0.1, -0.05) is 0 Å². The van der Waals surface area contributed by atoms with Crippen molar-refractivity contribution in [1.29, 1.82) is 0 Å². The molecule has 15 heavy (non-hydrogen) atoms. The molecule has 0 atom stereocenters. The van der Waals surface area contributed by atoms with Crippen molar-refractivity contribution >= 4 is 17.0 Å². The minimum Gasteiger partial charge on any atom is -0.369 e. The van der Waals surface area contributed by atoms with Gasteiger partial charge in [-0.05, 0) is 5.92 Å². The number of aryl methyl sites for hydroxylation is 1. The molecule has 0 aliphatic heterocycles. The third-order valence-corrected chi connectivity index (χ3v) is 2.05. The zero-order chi connectivity index (χ0) is 11.0. The van der Waals surface area contributed by atoms with E-state index in [2.05, 4.69) is 21.9 Å².